The van der Waals surface area contributed by atoms with Gasteiger partial charge in [-0.05, 0) is 46.6 Å². The van der Waals surface area contributed by atoms with E-state index in [1.165, 1.54) is 6.07 Å². The molecule has 0 fully saturated rings. The molecule has 1 aromatic carbocycles. The molecule has 90 valence electrons. The van der Waals surface area contributed by atoms with E-state index < -0.39 is 0 Å². The van der Waals surface area contributed by atoms with Crippen LogP contribution in [0, 0.1) is 12.7 Å². The monoisotopic (exact) mass is 304 g/mol. The van der Waals surface area contributed by atoms with Crippen LogP contribution in [0.4, 0.5) is 4.39 Å². The molecule has 18 heavy (non-hydrogen) atoms. The summed E-state index contributed by atoms with van der Waals surface area (Å²) in [4.78, 5) is 4.53. The van der Waals surface area contributed by atoms with E-state index in [0.717, 1.165) is 22.5 Å². The molecule has 2 nitrogen and oxygen atoms in total. The van der Waals surface area contributed by atoms with Crippen molar-refractivity contribution in [3.05, 3.63) is 58.6 Å². The Labute approximate surface area is 112 Å². The maximum Gasteiger partial charge on any atom is 0.140 e. The number of fused-ring (bicyclic) bond motifs is 1. The number of aromatic nitrogens is 2. The second-order valence-electron chi connectivity index (χ2n) is 4.18. The molecule has 0 unspecified atom stereocenters. The van der Waals surface area contributed by atoms with Crippen LogP contribution in [0.25, 0.3) is 16.9 Å². The number of nitrogens with zero attached hydrogens (tertiary/aromatic N) is 2. The zero-order chi connectivity index (χ0) is 12.7. The molecule has 0 aliphatic heterocycles. The number of rotatable bonds is 1. The molecule has 0 saturated carbocycles. The van der Waals surface area contributed by atoms with Gasteiger partial charge in [-0.3, -0.25) is 0 Å². The molecule has 2 aromatic heterocycles. The number of halogens is 2. The smallest absolute Gasteiger partial charge is 0.140 e. The van der Waals surface area contributed by atoms with E-state index in [0.29, 0.717) is 4.47 Å². The van der Waals surface area contributed by atoms with Crippen molar-refractivity contribution in [2.45, 2.75) is 6.92 Å². The molecular formula is C14H10BrFN2. The first kappa shape index (κ1) is 11.4. The standard InChI is InChI=1S/C14H10BrFN2/c1-9-3-2-6-18-8-13(17-14(9)18)10-4-5-11(15)12(16)7-10/h2-8H,1H3. The van der Waals surface area contributed by atoms with Gasteiger partial charge in [-0.15, -0.1) is 0 Å². The first-order chi connectivity index (χ1) is 8.65. The van der Waals surface area contributed by atoms with Gasteiger partial charge in [0.1, 0.15) is 11.5 Å². The van der Waals surface area contributed by atoms with Crippen molar-refractivity contribution in [2.24, 2.45) is 0 Å². The van der Waals surface area contributed by atoms with Crippen LogP contribution in [0.3, 0.4) is 0 Å². The molecule has 0 aliphatic rings. The third-order valence-corrected chi connectivity index (χ3v) is 3.54. The van der Waals surface area contributed by atoms with Crippen LogP contribution in [-0.4, -0.2) is 9.38 Å². The van der Waals surface area contributed by atoms with Crippen LogP contribution in [0.5, 0.6) is 0 Å². The molecule has 0 N–H and O–H groups in total. The van der Waals surface area contributed by atoms with E-state index in [-0.39, 0.29) is 5.82 Å². The number of hydrogen-bond donors (Lipinski definition) is 0. The van der Waals surface area contributed by atoms with Crippen molar-refractivity contribution in [1.29, 1.82) is 0 Å². The molecule has 0 radical (unpaired) electrons. The third-order valence-electron chi connectivity index (χ3n) is 2.89. The maximum absolute atomic E-state index is 13.5. The number of imidazole rings is 1. The number of aryl methyl sites for hydroxylation is 1. The Morgan fingerprint density at radius 3 is 2.83 bits per heavy atom. The average molecular weight is 305 g/mol. The predicted molar refractivity (Wildman–Crippen MR) is 73.0 cm³/mol. The highest BCUT2D eigenvalue weighted by Gasteiger charge is 2.08. The fraction of sp³-hybridized carbons (Fsp3) is 0.0714. The lowest BCUT2D eigenvalue weighted by Gasteiger charge is -1.98. The Hall–Kier alpha value is -1.68. The Morgan fingerprint density at radius 1 is 1.28 bits per heavy atom. The van der Waals surface area contributed by atoms with E-state index in [2.05, 4.69) is 20.9 Å². The van der Waals surface area contributed by atoms with Crippen molar-refractivity contribution < 1.29 is 4.39 Å². The quantitative estimate of drug-likeness (QED) is 0.658. The average Bonchev–Trinajstić information content (AvgIpc) is 2.78. The van der Waals surface area contributed by atoms with Gasteiger partial charge in [0.15, 0.2) is 0 Å². The van der Waals surface area contributed by atoms with E-state index >= 15 is 0 Å². The number of hydrogen-bond acceptors (Lipinski definition) is 1. The summed E-state index contributed by atoms with van der Waals surface area (Å²) in [7, 11) is 0. The van der Waals surface area contributed by atoms with E-state index in [4.69, 9.17) is 0 Å². The largest absolute Gasteiger partial charge is 0.306 e. The van der Waals surface area contributed by atoms with Crippen LogP contribution >= 0.6 is 15.9 Å². The maximum atomic E-state index is 13.5. The first-order valence-electron chi connectivity index (χ1n) is 5.55. The molecule has 0 aliphatic carbocycles. The minimum Gasteiger partial charge on any atom is -0.306 e. The summed E-state index contributed by atoms with van der Waals surface area (Å²) in [6.07, 6.45) is 3.85. The summed E-state index contributed by atoms with van der Waals surface area (Å²) in [5.41, 5.74) is 3.55. The topological polar surface area (TPSA) is 17.3 Å². The number of benzene rings is 1. The molecule has 4 heteroatoms. The van der Waals surface area contributed by atoms with Crippen molar-refractivity contribution in [3.8, 4) is 11.3 Å². The fourth-order valence-corrected chi connectivity index (χ4v) is 2.19. The van der Waals surface area contributed by atoms with Crippen molar-refractivity contribution in [3.63, 3.8) is 0 Å². The van der Waals surface area contributed by atoms with Crippen LogP contribution in [0.15, 0.2) is 47.2 Å². The summed E-state index contributed by atoms with van der Waals surface area (Å²) < 4.78 is 15.9. The molecule has 0 atom stereocenters. The van der Waals surface area contributed by atoms with Gasteiger partial charge in [0.25, 0.3) is 0 Å². The summed E-state index contributed by atoms with van der Waals surface area (Å²) in [5, 5.41) is 0. The van der Waals surface area contributed by atoms with E-state index in [1.807, 2.05) is 41.9 Å². The summed E-state index contributed by atoms with van der Waals surface area (Å²) in [6.45, 7) is 2.01. The van der Waals surface area contributed by atoms with Crippen LogP contribution in [0.2, 0.25) is 0 Å². The molecule has 3 aromatic rings. The summed E-state index contributed by atoms with van der Waals surface area (Å²) in [6, 6.07) is 9.01. The minimum absolute atomic E-state index is 0.277. The zero-order valence-electron chi connectivity index (χ0n) is 9.69. The van der Waals surface area contributed by atoms with Gasteiger partial charge >= 0.3 is 0 Å². The van der Waals surface area contributed by atoms with Crippen LogP contribution in [-0.2, 0) is 0 Å². The Balaban J connectivity index is 2.19. The van der Waals surface area contributed by atoms with Gasteiger partial charge < -0.3 is 4.40 Å². The molecule has 0 spiro atoms. The predicted octanol–water partition coefficient (Wildman–Crippen LogP) is 4.21. The number of pyridine rings is 1. The van der Waals surface area contributed by atoms with Gasteiger partial charge in [-0.25, -0.2) is 9.37 Å². The molecule has 3 rings (SSSR count). The highest BCUT2D eigenvalue weighted by Crippen LogP contribution is 2.24. The highest BCUT2D eigenvalue weighted by atomic mass is 79.9. The fourth-order valence-electron chi connectivity index (χ4n) is 1.95. The Bertz CT molecular complexity index is 734. The van der Waals surface area contributed by atoms with E-state index in [1.54, 1.807) is 6.07 Å². The Morgan fingerprint density at radius 2 is 2.11 bits per heavy atom. The molecule has 0 amide bonds. The van der Waals surface area contributed by atoms with Gasteiger partial charge in [-0.1, -0.05) is 12.1 Å². The van der Waals surface area contributed by atoms with Crippen LogP contribution < -0.4 is 0 Å². The van der Waals surface area contributed by atoms with Gasteiger partial charge in [0, 0.05) is 18.0 Å². The minimum atomic E-state index is -0.277. The molecular weight excluding hydrogens is 295 g/mol. The van der Waals surface area contributed by atoms with Gasteiger partial charge in [-0.2, -0.15) is 0 Å². The first-order valence-corrected chi connectivity index (χ1v) is 6.34. The second-order valence-corrected chi connectivity index (χ2v) is 5.03. The normalized spacial score (nSPS) is 11.1. The summed E-state index contributed by atoms with van der Waals surface area (Å²) >= 11 is 3.15. The third kappa shape index (κ3) is 1.82. The van der Waals surface area contributed by atoms with Gasteiger partial charge in [0.2, 0.25) is 0 Å². The highest BCUT2D eigenvalue weighted by molar-refractivity contribution is 9.10. The lowest BCUT2D eigenvalue weighted by Crippen LogP contribution is -1.84. The van der Waals surface area contributed by atoms with Gasteiger partial charge in [0.05, 0.1) is 10.2 Å². The van der Waals surface area contributed by atoms with Crippen molar-refractivity contribution in [2.75, 3.05) is 0 Å². The van der Waals surface area contributed by atoms with Crippen molar-refractivity contribution >= 4 is 21.6 Å². The SMILES string of the molecule is Cc1cccn2cc(-c3ccc(Br)c(F)c3)nc12. The van der Waals surface area contributed by atoms with Crippen LogP contribution in [0.1, 0.15) is 5.56 Å². The Kier molecular flexibility index (Phi) is 2.67. The zero-order valence-corrected chi connectivity index (χ0v) is 11.3. The molecule has 0 bridgehead atoms. The van der Waals surface area contributed by atoms with Crippen molar-refractivity contribution in [1.82, 2.24) is 9.38 Å². The lowest BCUT2D eigenvalue weighted by molar-refractivity contribution is 0.621. The summed E-state index contributed by atoms with van der Waals surface area (Å²) in [5.74, 6) is -0.277. The second kappa shape index (κ2) is 4.21. The molecule has 2 heterocycles. The lowest BCUT2D eigenvalue weighted by atomic mass is 10.2. The van der Waals surface area contributed by atoms with E-state index in [9.17, 15) is 4.39 Å². The molecule has 0 saturated heterocycles.